The van der Waals surface area contributed by atoms with E-state index in [0.717, 1.165) is 58.7 Å². The first kappa shape index (κ1) is 17.2. The third-order valence-electron chi connectivity index (χ3n) is 5.01. The molecule has 4 nitrogen and oxygen atoms in total. The van der Waals surface area contributed by atoms with Crippen LogP contribution in [0.25, 0.3) is 0 Å². The predicted octanol–water partition coefficient (Wildman–Crippen LogP) is 1.88. The smallest absolute Gasteiger partial charge is 0.0613 e. The van der Waals surface area contributed by atoms with Crippen LogP contribution in [0.15, 0.2) is 0 Å². The van der Waals surface area contributed by atoms with Crippen LogP contribution in [0.1, 0.15) is 46.5 Å². The van der Waals surface area contributed by atoms with Crippen LogP contribution in [0.3, 0.4) is 0 Å². The van der Waals surface area contributed by atoms with E-state index < -0.39 is 0 Å². The van der Waals surface area contributed by atoms with Gasteiger partial charge >= 0.3 is 0 Å². The fourth-order valence-electron chi connectivity index (χ4n) is 4.53. The Labute approximate surface area is 130 Å². The van der Waals surface area contributed by atoms with Crippen molar-refractivity contribution in [1.82, 2.24) is 10.2 Å². The van der Waals surface area contributed by atoms with E-state index in [1.807, 2.05) is 0 Å². The first-order chi connectivity index (χ1) is 9.95. The van der Waals surface area contributed by atoms with Gasteiger partial charge in [-0.05, 0) is 50.1 Å². The zero-order valence-corrected chi connectivity index (χ0v) is 14.2. The summed E-state index contributed by atoms with van der Waals surface area (Å²) in [5, 5.41) is 13.7. The molecule has 2 unspecified atom stereocenters. The summed E-state index contributed by atoms with van der Waals surface area (Å²) in [6.07, 6.45) is 4.60. The van der Waals surface area contributed by atoms with Gasteiger partial charge in [-0.25, -0.2) is 0 Å². The predicted molar refractivity (Wildman–Crippen MR) is 86.5 cm³/mol. The van der Waals surface area contributed by atoms with E-state index >= 15 is 0 Å². The number of aliphatic hydroxyl groups is 1. The van der Waals surface area contributed by atoms with E-state index in [4.69, 9.17) is 4.74 Å². The second-order valence-corrected chi connectivity index (χ2v) is 8.03. The van der Waals surface area contributed by atoms with Crippen LogP contribution >= 0.6 is 0 Å². The number of hydrogen-bond donors (Lipinski definition) is 2. The Bertz CT molecular complexity index is 316. The van der Waals surface area contributed by atoms with Crippen LogP contribution in [0.2, 0.25) is 0 Å². The van der Waals surface area contributed by atoms with Crippen molar-refractivity contribution in [3.63, 3.8) is 0 Å². The van der Waals surface area contributed by atoms with Gasteiger partial charge in [-0.1, -0.05) is 20.8 Å². The molecule has 0 amide bonds. The average Bonchev–Trinajstić information content (AvgIpc) is 2.43. The van der Waals surface area contributed by atoms with E-state index in [1.165, 1.54) is 6.42 Å². The first-order valence-electron chi connectivity index (χ1n) is 8.61. The lowest BCUT2D eigenvalue weighted by Crippen LogP contribution is -2.55. The molecule has 2 atom stereocenters. The van der Waals surface area contributed by atoms with Gasteiger partial charge in [-0.15, -0.1) is 0 Å². The highest BCUT2D eigenvalue weighted by Gasteiger charge is 2.42. The number of morpholine rings is 1. The summed E-state index contributed by atoms with van der Waals surface area (Å²) >= 11 is 0. The Morgan fingerprint density at radius 2 is 1.95 bits per heavy atom. The molecule has 1 aliphatic heterocycles. The minimum Gasteiger partial charge on any atom is -0.394 e. The summed E-state index contributed by atoms with van der Waals surface area (Å²) < 4.78 is 5.38. The minimum absolute atomic E-state index is 0.0633. The summed E-state index contributed by atoms with van der Waals surface area (Å²) in [6.45, 7) is 13.3. The third kappa shape index (κ3) is 5.20. The highest BCUT2D eigenvalue weighted by molar-refractivity contribution is 4.98. The van der Waals surface area contributed by atoms with Crippen molar-refractivity contribution in [2.75, 3.05) is 46.0 Å². The largest absolute Gasteiger partial charge is 0.394 e. The molecule has 21 heavy (non-hydrogen) atoms. The average molecular weight is 298 g/mol. The van der Waals surface area contributed by atoms with Crippen LogP contribution in [-0.4, -0.2) is 61.5 Å². The molecule has 2 rings (SSSR count). The fourth-order valence-corrected chi connectivity index (χ4v) is 4.53. The minimum atomic E-state index is -0.0633. The Balaban J connectivity index is 1.76. The highest BCUT2D eigenvalue weighted by atomic mass is 16.5. The Kier molecular flexibility index (Phi) is 6.06. The van der Waals surface area contributed by atoms with Gasteiger partial charge in [0.25, 0.3) is 0 Å². The molecule has 1 aliphatic carbocycles. The molecule has 1 heterocycles. The molecular formula is C17H34N2O2. The number of ether oxygens (including phenoxy) is 1. The zero-order valence-electron chi connectivity index (χ0n) is 14.2. The maximum atomic E-state index is 9.95. The first-order valence-corrected chi connectivity index (χ1v) is 8.61. The second-order valence-electron chi connectivity index (χ2n) is 8.03. The summed E-state index contributed by atoms with van der Waals surface area (Å²) in [5.74, 6) is 0.688. The van der Waals surface area contributed by atoms with Crippen LogP contribution in [0.4, 0.5) is 0 Å². The number of rotatable bonds is 6. The molecule has 2 N–H and O–H groups in total. The van der Waals surface area contributed by atoms with Crippen molar-refractivity contribution in [2.45, 2.75) is 52.0 Å². The lowest BCUT2D eigenvalue weighted by Gasteiger charge is -2.47. The fraction of sp³-hybridized carbons (Fsp3) is 1.00. The summed E-state index contributed by atoms with van der Waals surface area (Å²) in [7, 11) is 0. The maximum Gasteiger partial charge on any atom is 0.0613 e. The summed E-state index contributed by atoms with van der Waals surface area (Å²) in [6, 6.07) is 0. The molecule has 1 saturated heterocycles. The van der Waals surface area contributed by atoms with Gasteiger partial charge < -0.3 is 15.2 Å². The number of nitrogens with one attached hydrogen (secondary N) is 1. The lowest BCUT2D eigenvalue weighted by atomic mass is 9.64. The van der Waals surface area contributed by atoms with Crippen molar-refractivity contribution < 1.29 is 9.84 Å². The van der Waals surface area contributed by atoms with Crippen molar-refractivity contribution in [3.05, 3.63) is 0 Å². The van der Waals surface area contributed by atoms with E-state index in [0.29, 0.717) is 11.3 Å². The van der Waals surface area contributed by atoms with Crippen molar-refractivity contribution in [3.8, 4) is 0 Å². The van der Waals surface area contributed by atoms with Crippen molar-refractivity contribution in [1.29, 1.82) is 0 Å². The summed E-state index contributed by atoms with van der Waals surface area (Å²) in [5.41, 5.74) is 0.268. The third-order valence-corrected chi connectivity index (χ3v) is 5.01. The quantitative estimate of drug-likeness (QED) is 0.735. The van der Waals surface area contributed by atoms with Crippen LogP contribution in [0, 0.1) is 11.3 Å². The van der Waals surface area contributed by atoms with Gasteiger partial charge in [0, 0.05) is 18.6 Å². The normalized spacial score (nSPS) is 34.0. The number of hydrogen-bond acceptors (Lipinski definition) is 4. The lowest BCUT2D eigenvalue weighted by molar-refractivity contribution is 0.0291. The molecule has 0 aromatic rings. The Hall–Kier alpha value is -0.160. The topological polar surface area (TPSA) is 44.7 Å². The Morgan fingerprint density at radius 1 is 1.24 bits per heavy atom. The van der Waals surface area contributed by atoms with Gasteiger partial charge in [-0.3, -0.25) is 4.90 Å². The standard InChI is InChI=1S/C17H34N2O2/c1-15-11-16(2,3)13-17(12-15,14-20)18-5-4-6-19-7-9-21-10-8-19/h15,18,20H,4-14H2,1-3H3. The highest BCUT2D eigenvalue weighted by Crippen LogP contribution is 2.43. The van der Waals surface area contributed by atoms with Gasteiger partial charge in [0.2, 0.25) is 0 Å². The van der Waals surface area contributed by atoms with Gasteiger partial charge in [0.1, 0.15) is 0 Å². The van der Waals surface area contributed by atoms with Crippen molar-refractivity contribution >= 4 is 0 Å². The molecule has 124 valence electrons. The number of aliphatic hydroxyl groups excluding tert-OH is 1. The van der Waals surface area contributed by atoms with E-state index in [9.17, 15) is 5.11 Å². The molecule has 0 aromatic heterocycles. The maximum absolute atomic E-state index is 9.95. The molecule has 4 heteroatoms. The molecule has 0 bridgehead atoms. The molecule has 0 aromatic carbocycles. The SMILES string of the molecule is CC1CC(C)(C)CC(CO)(NCCCN2CCOCC2)C1. The van der Waals surface area contributed by atoms with Gasteiger partial charge in [0.15, 0.2) is 0 Å². The van der Waals surface area contributed by atoms with E-state index in [1.54, 1.807) is 0 Å². The van der Waals surface area contributed by atoms with Crippen LogP contribution in [-0.2, 0) is 4.74 Å². The molecule has 1 saturated carbocycles. The molecule has 2 aliphatic rings. The van der Waals surface area contributed by atoms with Gasteiger partial charge in [-0.2, -0.15) is 0 Å². The molecule has 0 radical (unpaired) electrons. The molecule has 0 spiro atoms. The number of nitrogens with zero attached hydrogens (tertiary/aromatic N) is 1. The van der Waals surface area contributed by atoms with E-state index in [-0.39, 0.29) is 12.1 Å². The van der Waals surface area contributed by atoms with Crippen LogP contribution < -0.4 is 5.32 Å². The summed E-state index contributed by atoms with van der Waals surface area (Å²) in [4.78, 5) is 2.48. The molecule has 2 fully saturated rings. The van der Waals surface area contributed by atoms with Crippen LogP contribution in [0.5, 0.6) is 0 Å². The Morgan fingerprint density at radius 3 is 2.57 bits per heavy atom. The van der Waals surface area contributed by atoms with E-state index in [2.05, 4.69) is 31.0 Å². The second kappa shape index (κ2) is 7.40. The molecular weight excluding hydrogens is 264 g/mol. The zero-order chi connectivity index (χ0) is 15.3. The van der Waals surface area contributed by atoms with Crippen molar-refractivity contribution in [2.24, 2.45) is 11.3 Å². The van der Waals surface area contributed by atoms with Gasteiger partial charge in [0.05, 0.1) is 19.8 Å². The monoisotopic (exact) mass is 298 g/mol.